The number of hydrogen-bond acceptors (Lipinski definition) is 4. The lowest BCUT2D eigenvalue weighted by Crippen LogP contribution is -2.08. The molecule has 6 heteroatoms. The second kappa shape index (κ2) is 3.53. The topological polar surface area (TPSA) is 63.6 Å². The van der Waals surface area contributed by atoms with E-state index in [2.05, 4.69) is 15.1 Å². The Kier molecular flexibility index (Phi) is 2.12. The molecule has 0 spiro atoms. The number of aryl methyl sites for hydroxylation is 2. The van der Waals surface area contributed by atoms with E-state index in [-0.39, 0.29) is 5.56 Å². The highest BCUT2D eigenvalue weighted by Gasteiger charge is 2.11. The molecule has 0 aliphatic carbocycles. The van der Waals surface area contributed by atoms with Crippen LogP contribution in [0.2, 0.25) is 0 Å². The average molecular weight is 246 g/mol. The van der Waals surface area contributed by atoms with Crippen molar-refractivity contribution in [3.63, 3.8) is 0 Å². The zero-order valence-electron chi connectivity index (χ0n) is 9.39. The zero-order valence-corrected chi connectivity index (χ0v) is 10.2. The Hall–Kier alpha value is -1.95. The molecule has 3 rings (SSSR count). The van der Waals surface area contributed by atoms with E-state index in [1.807, 2.05) is 20.0 Å². The highest BCUT2D eigenvalue weighted by molar-refractivity contribution is 7.16. The molecule has 0 fully saturated rings. The van der Waals surface area contributed by atoms with Gasteiger partial charge in [-0.25, -0.2) is 4.98 Å². The molecule has 3 aromatic heterocycles. The number of nitrogens with one attached hydrogen (secondary N) is 1. The predicted octanol–water partition coefficient (Wildman–Crippen LogP) is 1.69. The van der Waals surface area contributed by atoms with Crippen LogP contribution in [0, 0.1) is 6.92 Å². The summed E-state index contributed by atoms with van der Waals surface area (Å²) < 4.78 is 2.65. The summed E-state index contributed by atoms with van der Waals surface area (Å²) in [5.74, 6) is 0. The lowest BCUT2D eigenvalue weighted by Gasteiger charge is -2.03. The fourth-order valence-corrected chi connectivity index (χ4v) is 2.65. The second-order valence-electron chi connectivity index (χ2n) is 3.88. The van der Waals surface area contributed by atoms with Gasteiger partial charge in [-0.05, 0) is 18.6 Å². The number of rotatable bonds is 1. The largest absolute Gasteiger partial charge is 0.319 e. The van der Waals surface area contributed by atoms with E-state index in [0.29, 0.717) is 5.52 Å². The molecule has 1 N–H and O–H groups in total. The van der Waals surface area contributed by atoms with Gasteiger partial charge < -0.3 is 4.98 Å². The first-order chi connectivity index (χ1) is 8.16. The number of fused-ring (bicyclic) bond motifs is 1. The molecular formula is C11H10N4OS. The highest BCUT2D eigenvalue weighted by atomic mass is 32.1. The SMILES string of the molecule is Cc1cnn(C)c1-c1cc2scnc2c(=O)[nH]1. The van der Waals surface area contributed by atoms with Crippen molar-refractivity contribution in [2.75, 3.05) is 0 Å². The number of pyridine rings is 1. The Bertz CT molecular complexity index is 733. The van der Waals surface area contributed by atoms with Crippen LogP contribution in [0.25, 0.3) is 21.6 Å². The summed E-state index contributed by atoms with van der Waals surface area (Å²) in [6.07, 6.45) is 1.78. The third-order valence-corrected chi connectivity index (χ3v) is 3.49. The third-order valence-electron chi connectivity index (χ3n) is 2.71. The maximum atomic E-state index is 11.8. The van der Waals surface area contributed by atoms with Crippen molar-refractivity contribution < 1.29 is 0 Å². The summed E-state index contributed by atoms with van der Waals surface area (Å²) in [5, 5.41) is 4.17. The standard InChI is InChI=1S/C11H10N4OS/c1-6-4-13-15(2)10(6)7-3-8-9(11(16)14-7)12-5-17-8/h3-5H,1-2H3,(H,14,16). The minimum Gasteiger partial charge on any atom is -0.319 e. The minimum atomic E-state index is -0.153. The molecule has 0 saturated heterocycles. The van der Waals surface area contributed by atoms with Crippen molar-refractivity contribution in [3.05, 3.63) is 33.7 Å². The van der Waals surface area contributed by atoms with Crippen molar-refractivity contribution in [1.82, 2.24) is 19.7 Å². The molecule has 0 aliphatic rings. The van der Waals surface area contributed by atoms with Crippen LogP contribution in [0.4, 0.5) is 0 Å². The second-order valence-corrected chi connectivity index (χ2v) is 4.76. The quantitative estimate of drug-likeness (QED) is 0.710. The van der Waals surface area contributed by atoms with Crippen LogP contribution in [0.1, 0.15) is 5.56 Å². The first-order valence-electron chi connectivity index (χ1n) is 5.12. The van der Waals surface area contributed by atoms with Gasteiger partial charge in [-0.1, -0.05) is 0 Å². The summed E-state index contributed by atoms with van der Waals surface area (Å²) in [6.45, 7) is 1.97. The smallest absolute Gasteiger partial charge is 0.275 e. The summed E-state index contributed by atoms with van der Waals surface area (Å²) in [5.41, 5.74) is 4.77. The zero-order chi connectivity index (χ0) is 12.0. The Labute approximate surface area is 101 Å². The predicted molar refractivity (Wildman–Crippen MR) is 67.2 cm³/mol. The van der Waals surface area contributed by atoms with Gasteiger partial charge in [0.1, 0.15) is 5.52 Å². The van der Waals surface area contributed by atoms with Crippen molar-refractivity contribution in [1.29, 1.82) is 0 Å². The van der Waals surface area contributed by atoms with Gasteiger partial charge in [0.15, 0.2) is 0 Å². The number of aromatic nitrogens is 4. The molecule has 86 valence electrons. The molecule has 3 heterocycles. The Morgan fingerprint density at radius 2 is 2.29 bits per heavy atom. The molecule has 0 amide bonds. The lowest BCUT2D eigenvalue weighted by molar-refractivity contribution is 0.773. The first-order valence-corrected chi connectivity index (χ1v) is 6.00. The van der Waals surface area contributed by atoms with Gasteiger partial charge in [-0.3, -0.25) is 9.48 Å². The molecule has 0 radical (unpaired) electrons. The fourth-order valence-electron chi connectivity index (χ4n) is 1.94. The molecule has 0 aliphatic heterocycles. The molecule has 0 saturated carbocycles. The van der Waals surface area contributed by atoms with E-state index in [0.717, 1.165) is 21.7 Å². The third kappa shape index (κ3) is 1.49. The van der Waals surface area contributed by atoms with Crippen LogP contribution in [0.3, 0.4) is 0 Å². The van der Waals surface area contributed by atoms with E-state index >= 15 is 0 Å². The maximum Gasteiger partial charge on any atom is 0.275 e. The lowest BCUT2D eigenvalue weighted by atomic mass is 10.2. The van der Waals surface area contributed by atoms with E-state index in [1.165, 1.54) is 11.3 Å². The molecule has 17 heavy (non-hydrogen) atoms. The molecule has 0 bridgehead atoms. The minimum absolute atomic E-state index is 0.153. The van der Waals surface area contributed by atoms with E-state index in [1.54, 1.807) is 16.4 Å². The van der Waals surface area contributed by atoms with Crippen molar-refractivity contribution in [2.45, 2.75) is 6.92 Å². The van der Waals surface area contributed by atoms with Crippen LogP contribution in [-0.4, -0.2) is 19.7 Å². The Balaban J connectivity index is 2.35. The van der Waals surface area contributed by atoms with Crippen molar-refractivity contribution >= 4 is 21.6 Å². The number of H-pyrrole nitrogens is 1. The van der Waals surface area contributed by atoms with Crippen LogP contribution < -0.4 is 5.56 Å². The fraction of sp³-hybridized carbons (Fsp3) is 0.182. The molecule has 3 aromatic rings. The summed E-state index contributed by atoms with van der Waals surface area (Å²) in [4.78, 5) is 18.7. The van der Waals surface area contributed by atoms with Crippen molar-refractivity contribution in [3.8, 4) is 11.4 Å². The van der Waals surface area contributed by atoms with Gasteiger partial charge in [0.05, 0.1) is 27.8 Å². The van der Waals surface area contributed by atoms with E-state index in [9.17, 15) is 4.79 Å². The van der Waals surface area contributed by atoms with Gasteiger partial charge in [-0.15, -0.1) is 11.3 Å². The Morgan fingerprint density at radius 3 is 3.00 bits per heavy atom. The highest BCUT2D eigenvalue weighted by Crippen LogP contribution is 2.23. The number of aromatic amines is 1. The number of nitrogens with zero attached hydrogens (tertiary/aromatic N) is 3. The van der Waals surface area contributed by atoms with Gasteiger partial charge in [0.2, 0.25) is 0 Å². The summed E-state index contributed by atoms with van der Waals surface area (Å²) >= 11 is 1.46. The molecular weight excluding hydrogens is 236 g/mol. The number of hydrogen-bond donors (Lipinski definition) is 1. The van der Waals surface area contributed by atoms with Gasteiger partial charge >= 0.3 is 0 Å². The molecule has 5 nitrogen and oxygen atoms in total. The first kappa shape index (κ1) is 10.2. The molecule has 0 unspecified atom stereocenters. The summed E-state index contributed by atoms with van der Waals surface area (Å²) in [6, 6.07) is 1.94. The van der Waals surface area contributed by atoms with Gasteiger partial charge in [-0.2, -0.15) is 5.10 Å². The van der Waals surface area contributed by atoms with Crippen LogP contribution >= 0.6 is 11.3 Å². The number of thiazole rings is 1. The molecule has 0 atom stereocenters. The van der Waals surface area contributed by atoms with Crippen molar-refractivity contribution in [2.24, 2.45) is 7.05 Å². The maximum absolute atomic E-state index is 11.8. The van der Waals surface area contributed by atoms with Crippen LogP contribution in [0.5, 0.6) is 0 Å². The monoisotopic (exact) mass is 246 g/mol. The van der Waals surface area contributed by atoms with E-state index in [4.69, 9.17) is 0 Å². The van der Waals surface area contributed by atoms with Crippen LogP contribution in [0.15, 0.2) is 22.6 Å². The average Bonchev–Trinajstić information content (AvgIpc) is 2.86. The summed E-state index contributed by atoms with van der Waals surface area (Å²) in [7, 11) is 1.86. The van der Waals surface area contributed by atoms with Gasteiger partial charge in [0, 0.05) is 7.05 Å². The Morgan fingerprint density at radius 1 is 1.47 bits per heavy atom. The normalized spacial score (nSPS) is 11.2. The van der Waals surface area contributed by atoms with Gasteiger partial charge in [0.25, 0.3) is 5.56 Å². The van der Waals surface area contributed by atoms with Crippen LogP contribution in [-0.2, 0) is 7.05 Å². The molecule has 0 aromatic carbocycles. The van der Waals surface area contributed by atoms with E-state index < -0.39 is 0 Å².